The van der Waals surface area contributed by atoms with Gasteiger partial charge < -0.3 is 10.3 Å². The molecule has 0 aliphatic heterocycles. The summed E-state index contributed by atoms with van der Waals surface area (Å²) in [4.78, 5) is 0. The fraction of sp³-hybridized carbons (Fsp3) is 0.250. The maximum atomic E-state index is 8.61. The third kappa shape index (κ3) is 2.32. The number of aliphatic hydroxyl groups excluding tert-OH is 1. The van der Waals surface area contributed by atoms with E-state index in [2.05, 4.69) is 5.16 Å². The molecule has 0 saturated carbocycles. The van der Waals surface area contributed by atoms with Crippen molar-refractivity contribution in [3.8, 4) is 0 Å². The Morgan fingerprint density at radius 2 is 2.08 bits per heavy atom. The van der Waals surface area contributed by atoms with E-state index in [-0.39, 0.29) is 6.61 Å². The second-order valence-corrected chi connectivity index (χ2v) is 2.34. The molecule has 0 amide bonds. The van der Waals surface area contributed by atoms with Gasteiger partial charge in [-0.1, -0.05) is 5.16 Å². The molecule has 0 radical (unpaired) electrons. The Morgan fingerprint density at radius 3 is 2.58 bits per heavy atom. The predicted molar refractivity (Wildman–Crippen MR) is 43.1 cm³/mol. The summed E-state index contributed by atoms with van der Waals surface area (Å²) in [7, 11) is 0. The lowest BCUT2D eigenvalue weighted by Crippen LogP contribution is -2.34. The molecule has 2 N–H and O–H groups in total. The Balaban J connectivity index is 2.71. The van der Waals surface area contributed by atoms with Crippen molar-refractivity contribution >= 4 is 6.21 Å². The van der Waals surface area contributed by atoms with Gasteiger partial charge in [-0.25, -0.2) is 4.57 Å². The molecule has 0 atom stereocenters. The summed E-state index contributed by atoms with van der Waals surface area (Å²) in [5.74, 6) is 0. The van der Waals surface area contributed by atoms with Crippen molar-refractivity contribution < 1.29 is 14.9 Å². The van der Waals surface area contributed by atoms with Crippen LogP contribution in [-0.2, 0) is 6.54 Å². The minimum atomic E-state index is 0.123. The summed E-state index contributed by atoms with van der Waals surface area (Å²) in [5, 5.41) is 19.7. The monoisotopic (exact) mass is 167 g/mol. The lowest BCUT2D eigenvalue weighted by Gasteiger charge is -1.92. The summed E-state index contributed by atoms with van der Waals surface area (Å²) in [6.45, 7) is 0.703. The van der Waals surface area contributed by atoms with Crippen molar-refractivity contribution in [2.24, 2.45) is 5.16 Å². The van der Waals surface area contributed by atoms with Crippen LogP contribution in [0.1, 0.15) is 5.56 Å². The first-order chi connectivity index (χ1) is 5.86. The number of nitrogens with zero attached hydrogens (tertiary/aromatic N) is 2. The van der Waals surface area contributed by atoms with Gasteiger partial charge in [0.25, 0.3) is 0 Å². The molecule has 4 nitrogen and oxygen atoms in total. The number of rotatable bonds is 3. The highest BCUT2D eigenvalue weighted by atomic mass is 16.4. The Kier molecular flexibility index (Phi) is 3.22. The number of oxime groups is 1. The van der Waals surface area contributed by atoms with E-state index < -0.39 is 0 Å². The first kappa shape index (κ1) is 8.67. The zero-order valence-electron chi connectivity index (χ0n) is 6.59. The van der Waals surface area contributed by atoms with Crippen LogP contribution in [0.25, 0.3) is 0 Å². The van der Waals surface area contributed by atoms with Crippen molar-refractivity contribution in [3.63, 3.8) is 0 Å². The maximum absolute atomic E-state index is 8.61. The molecule has 1 aromatic heterocycles. The minimum absolute atomic E-state index is 0.123. The van der Waals surface area contributed by atoms with Gasteiger partial charge >= 0.3 is 0 Å². The normalized spacial score (nSPS) is 10.8. The zero-order valence-corrected chi connectivity index (χ0v) is 6.59. The zero-order chi connectivity index (χ0) is 8.81. The van der Waals surface area contributed by atoms with Gasteiger partial charge in [0.15, 0.2) is 18.9 Å². The van der Waals surface area contributed by atoms with Crippen LogP contribution in [0.5, 0.6) is 0 Å². The lowest BCUT2D eigenvalue weighted by molar-refractivity contribution is -0.698. The third-order valence-corrected chi connectivity index (χ3v) is 1.48. The van der Waals surface area contributed by atoms with Crippen LogP contribution < -0.4 is 4.57 Å². The Morgan fingerprint density at radius 1 is 1.42 bits per heavy atom. The minimum Gasteiger partial charge on any atom is -0.411 e. The number of aromatic nitrogens is 1. The standard InChI is InChI=1S/C8H10N2O2/c11-6-5-10-3-1-8(2-4-10)7-9-12/h1-4,7,11H,5-6H2/p+1. The molecule has 0 aromatic carbocycles. The van der Waals surface area contributed by atoms with Gasteiger partial charge in [-0.2, -0.15) is 0 Å². The highest BCUT2D eigenvalue weighted by Gasteiger charge is 1.96. The molecule has 1 rings (SSSR count). The van der Waals surface area contributed by atoms with E-state index in [1.165, 1.54) is 6.21 Å². The third-order valence-electron chi connectivity index (χ3n) is 1.48. The molecule has 1 heterocycles. The summed E-state index contributed by atoms with van der Waals surface area (Å²) < 4.78 is 1.84. The fourth-order valence-corrected chi connectivity index (χ4v) is 0.886. The maximum Gasteiger partial charge on any atom is 0.171 e. The molecule has 4 heteroatoms. The van der Waals surface area contributed by atoms with Gasteiger partial charge in [0.05, 0.1) is 6.21 Å². The van der Waals surface area contributed by atoms with Gasteiger partial charge in [-0.05, 0) is 0 Å². The second-order valence-electron chi connectivity index (χ2n) is 2.34. The molecule has 0 bridgehead atoms. The van der Waals surface area contributed by atoms with Crippen LogP contribution in [0.15, 0.2) is 29.7 Å². The molecular formula is C8H11N2O2+. The second kappa shape index (κ2) is 4.46. The number of aliphatic hydroxyl groups is 1. The van der Waals surface area contributed by atoms with Crippen molar-refractivity contribution in [1.82, 2.24) is 0 Å². The topological polar surface area (TPSA) is 56.7 Å². The molecule has 0 saturated heterocycles. The smallest absolute Gasteiger partial charge is 0.171 e. The van der Waals surface area contributed by atoms with Crippen LogP contribution >= 0.6 is 0 Å². The first-order valence-corrected chi connectivity index (χ1v) is 3.64. The van der Waals surface area contributed by atoms with Crippen molar-refractivity contribution in [2.75, 3.05) is 6.61 Å². The summed E-state index contributed by atoms with van der Waals surface area (Å²) in [6, 6.07) is 3.60. The average Bonchev–Trinajstić information content (AvgIpc) is 2.09. The molecule has 64 valence electrons. The van der Waals surface area contributed by atoms with Crippen molar-refractivity contribution in [1.29, 1.82) is 0 Å². The first-order valence-electron chi connectivity index (χ1n) is 3.64. The van der Waals surface area contributed by atoms with Gasteiger partial charge in [-0.15, -0.1) is 0 Å². The number of hydrogen-bond donors (Lipinski definition) is 2. The van der Waals surface area contributed by atoms with Crippen LogP contribution in [0.3, 0.4) is 0 Å². The highest BCUT2D eigenvalue weighted by molar-refractivity contribution is 5.78. The molecule has 0 spiro atoms. The molecule has 0 unspecified atom stereocenters. The van der Waals surface area contributed by atoms with E-state index in [1.807, 2.05) is 17.0 Å². The molecule has 1 aromatic rings. The molecule has 12 heavy (non-hydrogen) atoms. The quantitative estimate of drug-likeness (QED) is 0.283. The van der Waals surface area contributed by atoms with Gasteiger partial charge in [0.1, 0.15) is 6.61 Å². The van der Waals surface area contributed by atoms with Crippen LogP contribution in [-0.4, -0.2) is 23.1 Å². The van der Waals surface area contributed by atoms with Gasteiger partial charge in [-0.3, -0.25) is 0 Å². The predicted octanol–water partition coefficient (Wildman–Crippen LogP) is -0.226. The molecule has 0 fully saturated rings. The van der Waals surface area contributed by atoms with Gasteiger partial charge in [0.2, 0.25) is 0 Å². The van der Waals surface area contributed by atoms with E-state index in [4.69, 9.17) is 10.3 Å². The van der Waals surface area contributed by atoms with Crippen LogP contribution in [0.4, 0.5) is 0 Å². The Labute approximate surface area is 70.4 Å². The highest BCUT2D eigenvalue weighted by Crippen LogP contribution is 1.89. The lowest BCUT2D eigenvalue weighted by atomic mass is 10.3. The van der Waals surface area contributed by atoms with Gasteiger partial charge in [0, 0.05) is 17.7 Å². The molecular weight excluding hydrogens is 156 g/mol. The summed E-state index contributed by atoms with van der Waals surface area (Å²) in [6.07, 6.45) is 4.98. The van der Waals surface area contributed by atoms with E-state index in [0.29, 0.717) is 6.54 Å². The molecule has 0 aliphatic carbocycles. The summed E-state index contributed by atoms with van der Waals surface area (Å²) in [5.41, 5.74) is 0.826. The van der Waals surface area contributed by atoms with Crippen LogP contribution in [0, 0.1) is 0 Å². The van der Waals surface area contributed by atoms with Crippen LogP contribution in [0.2, 0.25) is 0 Å². The fourth-order valence-electron chi connectivity index (χ4n) is 0.886. The number of hydrogen-bond acceptors (Lipinski definition) is 3. The van der Waals surface area contributed by atoms with E-state index in [0.717, 1.165) is 5.56 Å². The van der Waals surface area contributed by atoms with Crippen molar-refractivity contribution in [3.05, 3.63) is 30.1 Å². The molecule has 0 aliphatic rings. The average molecular weight is 167 g/mol. The Hall–Kier alpha value is -1.42. The van der Waals surface area contributed by atoms with E-state index >= 15 is 0 Å². The van der Waals surface area contributed by atoms with Crippen molar-refractivity contribution in [2.45, 2.75) is 6.54 Å². The Bertz CT molecular complexity index is 256. The summed E-state index contributed by atoms with van der Waals surface area (Å²) >= 11 is 0. The largest absolute Gasteiger partial charge is 0.411 e. The van der Waals surface area contributed by atoms with E-state index in [9.17, 15) is 0 Å². The SMILES string of the molecule is OCC[n+]1ccc(C=NO)cc1. The van der Waals surface area contributed by atoms with E-state index in [1.54, 1.807) is 12.1 Å². The number of pyridine rings is 1.